The topological polar surface area (TPSA) is 64.8 Å². The van der Waals surface area contributed by atoms with Gasteiger partial charge in [-0.15, -0.1) is 0 Å². The minimum Gasteiger partial charge on any atom is -0.250 e. The highest BCUT2D eigenvalue weighted by atomic mass is 32.2. The van der Waals surface area contributed by atoms with Gasteiger partial charge in [-0.25, -0.2) is 18.1 Å². The van der Waals surface area contributed by atoms with Crippen molar-refractivity contribution >= 4 is 9.84 Å². The summed E-state index contributed by atoms with van der Waals surface area (Å²) in [4.78, 5) is 4.49. The number of aromatic nitrogens is 3. The molecule has 1 fully saturated rings. The molecule has 2 unspecified atom stereocenters. The summed E-state index contributed by atoms with van der Waals surface area (Å²) < 4.78 is 26.0. The van der Waals surface area contributed by atoms with Gasteiger partial charge in [-0.2, -0.15) is 5.10 Å². The van der Waals surface area contributed by atoms with Gasteiger partial charge >= 0.3 is 0 Å². The van der Waals surface area contributed by atoms with Crippen LogP contribution in [0.25, 0.3) is 0 Å². The van der Waals surface area contributed by atoms with E-state index >= 15 is 0 Å². The lowest BCUT2D eigenvalue weighted by Crippen LogP contribution is -2.22. The maximum Gasteiger partial charge on any atom is 0.169 e. The molecule has 0 aliphatic carbocycles. The zero-order valence-corrected chi connectivity index (χ0v) is 11.5. The van der Waals surface area contributed by atoms with Gasteiger partial charge < -0.3 is 0 Å². The summed E-state index contributed by atoms with van der Waals surface area (Å²) in [5.74, 6) is 2.42. The quantitative estimate of drug-likeness (QED) is 0.775. The van der Waals surface area contributed by atoms with Crippen molar-refractivity contribution in [2.24, 2.45) is 5.92 Å². The second-order valence-corrected chi connectivity index (χ2v) is 7.86. The van der Waals surface area contributed by atoms with E-state index in [1.165, 1.54) is 0 Å². The summed E-state index contributed by atoms with van der Waals surface area (Å²) in [6, 6.07) is 0. The van der Waals surface area contributed by atoms with Crippen LogP contribution >= 0.6 is 0 Å². The van der Waals surface area contributed by atoms with Crippen molar-refractivity contribution < 1.29 is 8.42 Å². The number of hydrogen-bond donors (Lipinski definition) is 0. The second-order valence-electron chi connectivity index (χ2n) is 5.56. The molecule has 0 saturated carbocycles. The van der Waals surface area contributed by atoms with Crippen molar-refractivity contribution in [2.45, 2.75) is 50.8 Å². The van der Waals surface area contributed by atoms with Crippen LogP contribution in [0.15, 0.2) is 0 Å². The largest absolute Gasteiger partial charge is 0.250 e. The van der Waals surface area contributed by atoms with Crippen molar-refractivity contribution in [3.8, 4) is 0 Å². The standard InChI is InChI=1S/C12H19N3O2S/c1-9-5-6-15-11(8-9)13-12(14-15)10-4-2-3-7-18(10,16)17/h9-10H,2-8H2,1H3. The van der Waals surface area contributed by atoms with Crippen LogP contribution in [-0.2, 0) is 22.8 Å². The molecule has 18 heavy (non-hydrogen) atoms. The molecular formula is C12H19N3O2S. The zero-order chi connectivity index (χ0) is 12.8. The third kappa shape index (κ3) is 2.06. The fourth-order valence-electron chi connectivity index (χ4n) is 2.86. The van der Waals surface area contributed by atoms with E-state index in [1.54, 1.807) is 0 Å². The maximum atomic E-state index is 12.1. The molecule has 1 aromatic heterocycles. The number of rotatable bonds is 1. The van der Waals surface area contributed by atoms with Crippen molar-refractivity contribution in [1.82, 2.24) is 14.8 Å². The highest BCUT2D eigenvalue weighted by molar-refractivity contribution is 7.91. The van der Waals surface area contributed by atoms with Gasteiger partial charge in [0.15, 0.2) is 15.7 Å². The zero-order valence-electron chi connectivity index (χ0n) is 10.7. The molecule has 2 aliphatic rings. The molecule has 2 aliphatic heterocycles. The van der Waals surface area contributed by atoms with Gasteiger partial charge in [0, 0.05) is 13.0 Å². The summed E-state index contributed by atoms with van der Waals surface area (Å²) in [6.07, 6.45) is 4.45. The van der Waals surface area contributed by atoms with Crippen LogP contribution in [0.2, 0.25) is 0 Å². The first-order valence-electron chi connectivity index (χ1n) is 6.71. The predicted octanol–water partition coefficient (Wildman–Crippen LogP) is 1.50. The molecule has 0 bridgehead atoms. The van der Waals surface area contributed by atoms with Gasteiger partial charge in [0.25, 0.3) is 0 Å². The Morgan fingerprint density at radius 2 is 2.11 bits per heavy atom. The Labute approximate surface area is 108 Å². The van der Waals surface area contributed by atoms with Crippen molar-refractivity contribution in [2.75, 3.05) is 5.75 Å². The molecular weight excluding hydrogens is 250 g/mol. The van der Waals surface area contributed by atoms with Crippen molar-refractivity contribution in [3.63, 3.8) is 0 Å². The third-order valence-corrected chi connectivity index (χ3v) is 6.17. The van der Waals surface area contributed by atoms with Crippen LogP contribution < -0.4 is 0 Å². The number of fused-ring (bicyclic) bond motifs is 1. The van der Waals surface area contributed by atoms with Crippen LogP contribution in [0.1, 0.15) is 49.5 Å². The van der Waals surface area contributed by atoms with Crippen LogP contribution in [0, 0.1) is 5.92 Å². The van der Waals surface area contributed by atoms with Gasteiger partial charge in [-0.1, -0.05) is 13.3 Å². The number of hydrogen-bond acceptors (Lipinski definition) is 4. The molecule has 3 heterocycles. The lowest BCUT2D eigenvalue weighted by molar-refractivity contribution is 0.385. The first-order valence-corrected chi connectivity index (χ1v) is 8.43. The summed E-state index contributed by atoms with van der Waals surface area (Å²) >= 11 is 0. The van der Waals surface area contributed by atoms with Crippen molar-refractivity contribution in [3.05, 3.63) is 11.6 Å². The minimum absolute atomic E-state index is 0.290. The van der Waals surface area contributed by atoms with Crippen LogP contribution in [0.5, 0.6) is 0 Å². The van der Waals surface area contributed by atoms with Gasteiger partial charge in [0.2, 0.25) is 0 Å². The Morgan fingerprint density at radius 3 is 2.89 bits per heavy atom. The highest BCUT2D eigenvalue weighted by Gasteiger charge is 2.34. The average molecular weight is 269 g/mol. The Morgan fingerprint density at radius 1 is 1.28 bits per heavy atom. The van der Waals surface area contributed by atoms with E-state index in [4.69, 9.17) is 0 Å². The van der Waals surface area contributed by atoms with E-state index in [0.29, 0.717) is 18.2 Å². The van der Waals surface area contributed by atoms with E-state index in [9.17, 15) is 8.42 Å². The molecule has 0 spiro atoms. The normalized spacial score (nSPS) is 30.9. The number of sulfone groups is 1. The molecule has 5 nitrogen and oxygen atoms in total. The Bertz CT molecular complexity index is 550. The van der Waals surface area contributed by atoms with Crippen LogP contribution in [-0.4, -0.2) is 28.9 Å². The second kappa shape index (κ2) is 4.33. The Hall–Kier alpha value is -0.910. The highest BCUT2D eigenvalue weighted by Crippen LogP contribution is 2.32. The van der Waals surface area contributed by atoms with Crippen molar-refractivity contribution in [1.29, 1.82) is 0 Å². The lowest BCUT2D eigenvalue weighted by atomic mass is 10.0. The predicted molar refractivity (Wildman–Crippen MR) is 67.9 cm³/mol. The lowest BCUT2D eigenvalue weighted by Gasteiger charge is -2.19. The first-order chi connectivity index (χ1) is 8.56. The maximum absolute atomic E-state index is 12.1. The Balaban J connectivity index is 1.93. The Kier molecular flexibility index (Phi) is 2.92. The molecule has 0 radical (unpaired) electrons. The van der Waals surface area contributed by atoms with Gasteiger partial charge in [-0.3, -0.25) is 0 Å². The van der Waals surface area contributed by atoms with E-state index in [-0.39, 0.29) is 5.75 Å². The van der Waals surface area contributed by atoms with E-state index in [1.807, 2.05) is 4.68 Å². The van der Waals surface area contributed by atoms with E-state index in [0.717, 1.165) is 38.1 Å². The van der Waals surface area contributed by atoms with E-state index in [2.05, 4.69) is 17.0 Å². The molecule has 0 aromatic carbocycles. The SMILES string of the molecule is CC1CCn2nc(C3CCCCS3(=O)=O)nc2C1. The molecule has 1 aromatic rings. The molecule has 0 N–H and O–H groups in total. The molecule has 100 valence electrons. The summed E-state index contributed by atoms with van der Waals surface area (Å²) in [5.41, 5.74) is 0. The van der Waals surface area contributed by atoms with E-state index < -0.39 is 15.1 Å². The summed E-state index contributed by atoms with van der Waals surface area (Å²) in [7, 11) is -3.03. The summed E-state index contributed by atoms with van der Waals surface area (Å²) in [5, 5.41) is 3.97. The number of aryl methyl sites for hydroxylation is 1. The molecule has 3 rings (SSSR count). The molecule has 0 amide bonds. The van der Waals surface area contributed by atoms with Gasteiger partial charge in [0.05, 0.1) is 5.75 Å². The number of nitrogens with zero attached hydrogens (tertiary/aromatic N) is 3. The fraction of sp³-hybridized carbons (Fsp3) is 0.833. The van der Waals surface area contributed by atoms with Crippen LogP contribution in [0.3, 0.4) is 0 Å². The van der Waals surface area contributed by atoms with Gasteiger partial charge in [0.1, 0.15) is 11.1 Å². The summed E-state index contributed by atoms with van der Waals surface area (Å²) in [6.45, 7) is 3.07. The minimum atomic E-state index is -3.03. The first kappa shape index (κ1) is 12.1. The fourth-order valence-corrected chi connectivity index (χ4v) is 4.70. The smallest absolute Gasteiger partial charge is 0.169 e. The molecule has 1 saturated heterocycles. The molecule has 2 atom stereocenters. The molecule has 6 heteroatoms. The van der Waals surface area contributed by atoms with Gasteiger partial charge in [-0.05, 0) is 25.2 Å². The average Bonchev–Trinajstić information content (AvgIpc) is 2.70. The van der Waals surface area contributed by atoms with Crippen LogP contribution in [0.4, 0.5) is 0 Å². The monoisotopic (exact) mass is 269 g/mol. The third-order valence-electron chi connectivity index (χ3n) is 4.00.